The molecule has 5 heteroatoms. The van der Waals surface area contributed by atoms with E-state index in [-0.39, 0.29) is 6.42 Å². The molecule has 0 aliphatic rings. The molecule has 1 aromatic heterocycles. The van der Waals surface area contributed by atoms with Crippen molar-refractivity contribution in [1.82, 2.24) is 4.98 Å². The summed E-state index contributed by atoms with van der Waals surface area (Å²) in [6, 6.07) is 5.30. The zero-order valence-electron chi connectivity index (χ0n) is 8.34. The summed E-state index contributed by atoms with van der Waals surface area (Å²) in [5.74, 6) is -0.837. The zero-order valence-corrected chi connectivity index (χ0v) is 8.34. The summed E-state index contributed by atoms with van der Waals surface area (Å²) in [5, 5.41) is 17.2. The van der Waals surface area contributed by atoms with Gasteiger partial charge in [-0.3, -0.25) is 4.79 Å². The van der Waals surface area contributed by atoms with Crippen LogP contribution in [0.3, 0.4) is 0 Å². The van der Waals surface area contributed by atoms with E-state index >= 15 is 0 Å². The fourth-order valence-electron chi connectivity index (χ4n) is 1.11. The molecule has 1 rings (SSSR count). The van der Waals surface area contributed by atoms with E-state index in [1.165, 1.54) is 6.20 Å². The van der Waals surface area contributed by atoms with Crippen molar-refractivity contribution in [3.8, 4) is 6.07 Å². The quantitative estimate of drug-likeness (QED) is 0.788. The summed E-state index contributed by atoms with van der Waals surface area (Å²) < 4.78 is 0. The smallest absolute Gasteiger partial charge is 0.305 e. The van der Waals surface area contributed by atoms with Crippen LogP contribution in [-0.4, -0.2) is 29.7 Å². The van der Waals surface area contributed by atoms with Crippen molar-refractivity contribution >= 4 is 11.7 Å². The summed E-state index contributed by atoms with van der Waals surface area (Å²) in [6.45, 7) is 0.407. The highest BCUT2D eigenvalue weighted by Gasteiger charge is 2.04. The maximum atomic E-state index is 10.4. The molecule has 0 radical (unpaired) electrons. The molecule has 1 heterocycles. The van der Waals surface area contributed by atoms with Crippen molar-refractivity contribution in [1.29, 1.82) is 5.26 Å². The standard InChI is InChI=1S/C10H11N3O2/c1-13(5-3-10(14)15)9-2-4-12-8(6-9)7-11/h2,4,6H,3,5H2,1H3,(H,14,15). The summed E-state index contributed by atoms with van der Waals surface area (Å²) in [4.78, 5) is 16.0. The number of hydrogen-bond donors (Lipinski definition) is 1. The van der Waals surface area contributed by atoms with Gasteiger partial charge in [-0.15, -0.1) is 0 Å². The zero-order chi connectivity index (χ0) is 11.3. The predicted octanol–water partition coefficient (Wildman–Crippen LogP) is 0.864. The number of nitriles is 1. The highest BCUT2D eigenvalue weighted by molar-refractivity contribution is 5.67. The lowest BCUT2D eigenvalue weighted by molar-refractivity contribution is -0.136. The molecule has 0 fully saturated rings. The molecule has 0 saturated carbocycles. The number of aliphatic carboxylic acids is 1. The van der Waals surface area contributed by atoms with E-state index in [2.05, 4.69) is 4.98 Å². The first-order chi connectivity index (χ1) is 7.13. The minimum Gasteiger partial charge on any atom is -0.481 e. The van der Waals surface area contributed by atoms with Crippen LogP contribution >= 0.6 is 0 Å². The van der Waals surface area contributed by atoms with Crippen LogP contribution in [0.15, 0.2) is 18.3 Å². The molecule has 0 aliphatic heterocycles. The van der Waals surface area contributed by atoms with E-state index in [9.17, 15) is 4.79 Å². The van der Waals surface area contributed by atoms with Gasteiger partial charge in [0.2, 0.25) is 0 Å². The fraction of sp³-hybridized carbons (Fsp3) is 0.300. The lowest BCUT2D eigenvalue weighted by atomic mass is 10.3. The van der Waals surface area contributed by atoms with Crippen LogP contribution in [0, 0.1) is 11.3 Å². The Labute approximate surface area is 87.6 Å². The van der Waals surface area contributed by atoms with Gasteiger partial charge in [-0.1, -0.05) is 0 Å². The largest absolute Gasteiger partial charge is 0.481 e. The highest BCUT2D eigenvalue weighted by atomic mass is 16.4. The molecular formula is C10H11N3O2. The van der Waals surface area contributed by atoms with Gasteiger partial charge < -0.3 is 10.0 Å². The number of aromatic nitrogens is 1. The molecule has 0 atom stereocenters. The van der Waals surface area contributed by atoms with Gasteiger partial charge >= 0.3 is 5.97 Å². The number of carbonyl (C=O) groups is 1. The van der Waals surface area contributed by atoms with E-state index in [1.54, 1.807) is 24.1 Å². The average Bonchev–Trinajstić information content (AvgIpc) is 2.26. The number of pyridine rings is 1. The third-order valence-corrected chi connectivity index (χ3v) is 1.96. The second-order valence-corrected chi connectivity index (χ2v) is 3.08. The summed E-state index contributed by atoms with van der Waals surface area (Å²) >= 11 is 0. The van der Waals surface area contributed by atoms with Crippen LogP contribution in [0.1, 0.15) is 12.1 Å². The summed E-state index contributed by atoms with van der Waals surface area (Å²) in [6.07, 6.45) is 1.60. The topological polar surface area (TPSA) is 77.2 Å². The molecule has 0 spiro atoms. The van der Waals surface area contributed by atoms with Gasteiger partial charge in [0.05, 0.1) is 6.42 Å². The normalized spacial score (nSPS) is 9.33. The van der Waals surface area contributed by atoms with Gasteiger partial charge in [0.1, 0.15) is 11.8 Å². The molecule has 1 aromatic rings. The molecule has 0 aromatic carbocycles. The second-order valence-electron chi connectivity index (χ2n) is 3.08. The minimum absolute atomic E-state index is 0.0701. The maximum absolute atomic E-state index is 10.4. The van der Waals surface area contributed by atoms with E-state index in [1.807, 2.05) is 6.07 Å². The number of rotatable bonds is 4. The van der Waals surface area contributed by atoms with Crippen LogP contribution < -0.4 is 4.90 Å². The molecule has 1 N–H and O–H groups in total. The molecule has 0 aliphatic carbocycles. The molecular weight excluding hydrogens is 194 g/mol. The molecule has 15 heavy (non-hydrogen) atoms. The van der Waals surface area contributed by atoms with Gasteiger partial charge in [-0.25, -0.2) is 4.98 Å². The van der Waals surface area contributed by atoms with E-state index in [4.69, 9.17) is 10.4 Å². The average molecular weight is 205 g/mol. The van der Waals surface area contributed by atoms with E-state index < -0.39 is 5.97 Å². The van der Waals surface area contributed by atoms with Crippen LogP contribution in [0.2, 0.25) is 0 Å². The fourth-order valence-corrected chi connectivity index (χ4v) is 1.11. The Morgan fingerprint density at radius 2 is 2.47 bits per heavy atom. The Morgan fingerprint density at radius 1 is 1.73 bits per heavy atom. The number of nitrogens with zero attached hydrogens (tertiary/aromatic N) is 3. The Morgan fingerprint density at radius 3 is 3.07 bits per heavy atom. The van der Waals surface area contributed by atoms with Crippen LogP contribution in [0.5, 0.6) is 0 Å². The lowest BCUT2D eigenvalue weighted by Gasteiger charge is -2.17. The van der Waals surface area contributed by atoms with Gasteiger partial charge in [0, 0.05) is 25.5 Å². The monoisotopic (exact) mass is 205 g/mol. The summed E-state index contributed by atoms with van der Waals surface area (Å²) in [5.41, 5.74) is 1.12. The molecule has 0 unspecified atom stereocenters. The third-order valence-electron chi connectivity index (χ3n) is 1.96. The van der Waals surface area contributed by atoms with E-state index in [0.29, 0.717) is 12.2 Å². The highest BCUT2D eigenvalue weighted by Crippen LogP contribution is 2.12. The molecule has 0 saturated heterocycles. The van der Waals surface area contributed by atoms with Crippen molar-refractivity contribution < 1.29 is 9.90 Å². The van der Waals surface area contributed by atoms with Crippen molar-refractivity contribution in [2.75, 3.05) is 18.5 Å². The first-order valence-electron chi connectivity index (χ1n) is 4.42. The number of carboxylic acid groups (broad SMARTS) is 1. The van der Waals surface area contributed by atoms with Crippen LogP contribution in [0.4, 0.5) is 5.69 Å². The van der Waals surface area contributed by atoms with Gasteiger partial charge in [-0.05, 0) is 12.1 Å². The van der Waals surface area contributed by atoms with Gasteiger partial charge in [-0.2, -0.15) is 5.26 Å². The summed E-state index contributed by atoms with van der Waals surface area (Å²) in [7, 11) is 1.78. The molecule has 0 bridgehead atoms. The Hall–Kier alpha value is -2.09. The molecule has 5 nitrogen and oxygen atoms in total. The third kappa shape index (κ3) is 3.27. The van der Waals surface area contributed by atoms with Crippen molar-refractivity contribution in [3.05, 3.63) is 24.0 Å². The molecule has 78 valence electrons. The molecule has 0 amide bonds. The Bertz CT molecular complexity index is 398. The van der Waals surface area contributed by atoms with Crippen molar-refractivity contribution in [2.24, 2.45) is 0 Å². The Kier molecular flexibility index (Phi) is 3.63. The maximum Gasteiger partial charge on any atom is 0.305 e. The number of hydrogen-bond acceptors (Lipinski definition) is 4. The second kappa shape index (κ2) is 4.96. The van der Waals surface area contributed by atoms with Crippen molar-refractivity contribution in [3.63, 3.8) is 0 Å². The van der Waals surface area contributed by atoms with Gasteiger partial charge in [0.25, 0.3) is 0 Å². The van der Waals surface area contributed by atoms with Gasteiger partial charge in [0.15, 0.2) is 0 Å². The first kappa shape index (κ1) is 11.0. The Balaban J connectivity index is 2.69. The minimum atomic E-state index is -0.837. The van der Waals surface area contributed by atoms with E-state index in [0.717, 1.165) is 5.69 Å². The number of anilines is 1. The first-order valence-corrected chi connectivity index (χ1v) is 4.42. The number of carboxylic acids is 1. The lowest BCUT2D eigenvalue weighted by Crippen LogP contribution is -2.21. The SMILES string of the molecule is CN(CCC(=O)O)c1ccnc(C#N)c1. The predicted molar refractivity (Wildman–Crippen MR) is 54.5 cm³/mol. The van der Waals surface area contributed by atoms with Crippen LogP contribution in [-0.2, 0) is 4.79 Å². The van der Waals surface area contributed by atoms with Crippen molar-refractivity contribution in [2.45, 2.75) is 6.42 Å². The van der Waals surface area contributed by atoms with Crippen LogP contribution in [0.25, 0.3) is 0 Å².